The van der Waals surface area contributed by atoms with Gasteiger partial charge >= 0.3 is 0 Å². The highest BCUT2D eigenvalue weighted by Crippen LogP contribution is 2.39. The van der Waals surface area contributed by atoms with Crippen LogP contribution in [-0.2, 0) is 11.8 Å². The first kappa shape index (κ1) is 16.9. The van der Waals surface area contributed by atoms with E-state index in [9.17, 15) is 0 Å². The Balaban J connectivity index is 1.52. The number of aryl methyl sites for hydroxylation is 1. The molecule has 5 rings (SSSR count). The minimum Gasteiger partial charge on any atom is -0.385 e. The maximum atomic E-state index is 5.22. The van der Waals surface area contributed by atoms with Crippen molar-refractivity contribution in [3.8, 4) is 0 Å². The summed E-state index contributed by atoms with van der Waals surface area (Å²) in [6, 6.07) is 5.17. The van der Waals surface area contributed by atoms with Crippen molar-refractivity contribution in [2.75, 3.05) is 38.3 Å². The molecule has 0 spiro atoms. The molecular formula is C20H26N6O. The van der Waals surface area contributed by atoms with Gasteiger partial charge in [-0.1, -0.05) is 0 Å². The van der Waals surface area contributed by atoms with Crippen LogP contribution < -0.4 is 4.90 Å². The maximum absolute atomic E-state index is 5.22. The molecule has 4 heterocycles. The van der Waals surface area contributed by atoms with E-state index in [1.807, 2.05) is 11.7 Å². The van der Waals surface area contributed by atoms with Crippen LogP contribution in [0.4, 0.5) is 5.82 Å². The molecule has 1 aromatic carbocycles. The minimum atomic E-state index is 0.524. The second-order valence-electron chi connectivity index (χ2n) is 7.79. The van der Waals surface area contributed by atoms with E-state index in [1.165, 1.54) is 12.8 Å². The van der Waals surface area contributed by atoms with E-state index < -0.39 is 0 Å². The van der Waals surface area contributed by atoms with Crippen molar-refractivity contribution < 1.29 is 4.74 Å². The van der Waals surface area contributed by atoms with E-state index >= 15 is 0 Å². The number of piperazine rings is 1. The van der Waals surface area contributed by atoms with Crippen LogP contribution in [0.1, 0.15) is 19.3 Å². The molecule has 0 amide bonds. The van der Waals surface area contributed by atoms with Crippen molar-refractivity contribution in [1.29, 1.82) is 0 Å². The number of likely N-dealkylation sites (tertiary alicyclic amines) is 1. The largest absolute Gasteiger partial charge is 0.385 e. The van der Waals surface area contributed by atoms with Crippen LogP contribution in [0.2, 0.25) is 0 Å². The van der Waals surface area contributed by atoms with Crippen molar-refractivity contribution in [3.63, 3.8) is 0 Å². The third-order valence-electron chi connectivity index (χ3n) is 6.01. The Morgan fingerprint density at radius 1 is 1.11 bits per heavy atom. The number of methoxy groups -OCH3 is 1. The summed E-state index contributed by atoms with van der Waals surface area (Å²) >= 11 is 0. The third kappa shape index (κ3) is 2.85. The molecular weight excluding hydrogens is 340 g/mol. The molecule has 0 aliphatic carbocycles. The topological polar surface area (TPSA) is 59.3 Å². The van der Waals surface area contributed by atoms with Gasteiger partial charge in [-0.05, 0) is 31.4 Å². The summed E-state index contributed by atoms with van der Waals surface area (Å²) in [5.74, 6) is 1.09. The van der Waals surface area contributed by atoms with Crippen LogP contribution in [0, 0.1) is 0 Å². The molecule has 2 unspecified atom stereocenters. The number of nitrogens with zero attached hydrogens (tertiary/aromatic N) is 6. The number of ether oxygens (including phenoxy) is 1. The molecule has 2 atom stereocenters. The highest BCUT2D eigenvalue weighted by Gasteiger charge is 2.41. The van der Waals surface area contributed by atoms with Gasteiger partial charge in [-0.15, -0.1) is 0 Å². The number of fused-ring (bicyclic) bond motifs is 5. The van der Waals surface area contributed by atoms with Gasteiger partial charge < -0.3 is 9.64 Å². The summed E-state index contributed by atoms with van der Waals surface area (Å²) < 4.78 is 7.10. The van der Waals surface area contributed by atoms with E-state index in [1.54, 1.807) is 13.4 Å². The van der Waals surface area contributed by atoms with E-state index in [4.69, 9.17) is 9.72 Å². The van der Waals surface area contributed by atoms with Gasteiger partial charge in [0.25, 0.3) is 0 Å². The molecule has 0 N–H and O–H groups in total. The van der Waals surface area contributed by atoms with E-state index in [2.05, 4.69) is 38.2 Å². The van der Waals surface area contributed by atoms with Gasteiger partial charge in [0.15, 0.2) is 0 Å². The average molecular weight is 366 g/mol. The van der Waals surface area contributed by atoms with Crippen LogP contribution in [-0.4, -0.2) is 70.1 Å². The minimum absolute atomic E-state index is 0.524. The van der Waals surface area contributed by atoms with Gasteiger partial charge in [0.05, 0.1) is 16.4 Å². The highest BCUT2D eigenvalue weighted by molar-refractivity contribution is 6.10. The summed E-state index contributed by atoms with van der Waals surface area (Å²) in [7, 11) is 3.75. The predicted octanol–water partition coefficient (Wildman–Crippen LogP) is 2.21. The Kier molecular flexibility index (Phi) is 4.21. The molecule has 2 fully saturated rings. The Morgan fingerprint density at radius 2 is 1.89 bits per heavy atom. The molecule has 7 heteroatoms. The summed E-state index contributed by atoms with van der Waals surface area (Å²) in [6.07, 6.45) is 7.38. The lowest BCUT2D eigenvalue weighted by molar-refractivity contribution is 0.159. The number of rotatable bonds is 5. The fourth-order valence-electron chi connectivity index (χ4n) is 4.90. The average Bonchev–Trinajstić information content (AvgIpc) is 3.17. The molecule has 2 saturated heterocycles. The van der Waals surface area contributed by atoms with Crippen molar-refractivity contribution in [2.45, 2.75) is 31.3 Å². The van der Waals surface area contributed by atoms with Crippen LogP contribution in [0.3, 0.4) is 0 Å². The maximum Gasteiger partial charge on any atom is 0.141 e. The SMILES string of the molecule is COCCCN1CC2CCC(C1)N2c1ncnc2ccc3nn(C)cc3c12. The standard InChI is InChI=1S/C20H26N6O/c1-24-12-16-17(23-24)6-7-18-19(16)20(22-13-21-18)26-14-4-5-15(26)11-25(10-14)8-3-9-27-2/h6-7,12-15H,3-5,8-11H2,1-2H3. The van der Waals surface area contributed by atoms with E-state index in [0.717, 1.165) is 60.3 Å². The van der Waals surface area contributed by atoms with Crippen molar-refractivity contribution in [3.05, 3.63) is 24.7 Å². The van der Waals surface area contributed by atoms with Gasteiger partial charge in [0.1, 0.15) is 12.1 Å². The van der Waals surface area contributed by atoms with Crippen molar-refractivity contribution in [2.24, 2.45) is 7.05 Å². The van der Waals surface area contributed by atoms with Crippen LogP contribution in [0.5, 0.6) is 0 Å². The van der Waals surface area contributed by atoms with Gasteiger partial charge in [-0.2, -0.15) is 5.10 Å². The fraction of sp³-hybridized carbons (Fsp3) is 0.550. The summed E-state index contributed by atoms with van der Waals surface area (Å²) in [5, 5.41) is 6.87. The molecule has 2 aliphatic rings. The molecule has 2 aromatic heterocycles. The highest BCUT2D eigenvalue weighted by atomic mass is 16.5. The van der Waals surface area contributed by atoms with Gasteiger partial charge in [0.2, 0.25) is 0 Å². The Morgan fingerprint density at radius 3 is 2.67 bits per heavy atom. The molecule has 2 aliphatic heterocycles. The first-order valence-electron chi connectivity index (χ1n) is 9.81. The number of aromatic nitrogens is 4. The zero-order valence-corrected chi connectivity index (χ0v) is 16.0. The molecule has 3 aromatic rings. The predicted molar refractivity (Wildman–Crippen MR) is 106 cm³/mol. The smallest absolute Gasteiger partial charge is 0.141 e. The summed E-state index contributed by atoms with van der Waals surface area (Å²) in [6.45, 7) is 4.17. The van der Waals surface area contributed by atoms with Gasteiger partial charge in [-0.25, -0.2) is 9.97 Å². The Labute approximate surface area is 158 Å². The molecule has 7 nitrogen and oxygen atoms in total. The lowest BCUT2D eigenvalue weighted by atomic mass is 10.1. The number of benzene rings is 1. The number of hydrogen-bond acceptors (Lipinski definition) is 6. The molecule has 27 heavy (non-hydrogen) atoms. The summed E-state index contributed by atoms with van der Waals surface area (Å²) in [4.78, 5) is 14.5. The second-order valence-corrected chi connectivity index (χ2v) is 7.79. The monoisotopic (exact) mass is 366 g/mol. The fourth-order valence-corrected chi connectivity index (χ4v) is 4.90. The quantitative estimate of drug-likeness (QED) is 0.645. The van der Waals surface area contributed by atoms with Crippen molar-refractivity contribution in [1.82, 2.24) is 24.6 Å². The first-order valence-corrected chi connectivity index (χ1v) is 9.81. The Bertz CT molecular complexity index is 956. The van der Waals surface area contributed by atoms with Crippen LogP contribution in [0.25, 0.3) is 21.8 Å². The Hall–Kier alpha value is -2.25. The normalized spacial score (nSPS) is 23.0. The van der Waals surface area contributed by atoms with E-state index in [-0.39, 0.29) is 0 Å². The molecule has 142 valence electrons. The number of hydrogen-bond donors (Lipinski definition) is 0. The lowest BCUT2D eigenvalue weighted by Gasteiger charge is -2.42. The molecule has 0 radical (unpaired) electrons. The van der Waals surface area contributed by atoms with E-state index in [0.29, 0.717) is 12.1 Å². The first-order chi connectivity index (χ1) is 13.2. The summed E-state index contributed by atoms with van der Waals surface area (Å²) in [5.41, 5.74) is 2.01. The molecule has 0 saturated carbocycles. The molecule has 2 bridgehead atoms. The zero-order valence-electron chi connectivity index (χ0n) is 16.0. The number of anilines is 1. The van der Waals surface area contributed by atoms with Gasteiger partial charge in [0, 0.05) is 64.1 Å². The van der Waals surface area contributed by atoms with Crippen LogP contribution in [0.15, 0.2) is 24.7 Å². The lowest BCUT2D eigenvalue weighted by Crippen LogP contribution is -2.54. The third-order valence-corrected chi connectivity index (χ3v) is 6.01. The van der Waals surface area contributed by atoms with Crippen molar-refractivity contribution >= 4 is 27.6 Å². The zero-order chi connectivity index (χ0) is 18.4. The van der Waals surface area contributed by atoms with Gasteiger partial charge in [-0.3, -0.25) is 9.58 Å². The van der Waals surface area contributed by atoms with Crippen LogP contribution >= 0.6 is 0 Å². The second kappa shape index (κ2) is 6.73.